The van der Waals surface area contributed by atoms with E-state index in [4.69, 9.17) is 32.4 Å². The fraction of sp³-hybridized carbons (Fsp3) is 0.200. The lowest BCUT2D eigenvalue weighted by Crippen LogP contribution is -2.20. The summed E-state index contributed by atoms with van der Waals surface area (Å²) < 4.78 is 11.4. The second kappa shape index (κ2) is 9.63. The van der Waals surface area contributed by atoms with Gasteiger partial charge in [-0.3, -0.25) is 4.79 Å². The van der Waals surface area contributed by atoms with Crippen molar-refractivity contribution in [1.82, 2.24) is 4.98 Å². The van der Waals surface area contributed by atoms with Crippen LogP contribution in [0.25, 0.3) is 22.6 Å². The smallest absolute Gasteiger partial charge is 0.262 e. The highest BCUT2D eigenvalue weighted by Gasteiger charge is 2.13. The summed E-state index contributed by atoms with van der Waals surface area (Å²) in [7, 11) is 0. The first kappa shape index (κ1) is 22.2. The first-order valence-electron chi connectivity index (χ1n) is 10.3. The van der Waals surface area contributed by atoms with Gasteiger partial charge in [-0.25, -0.2) is 4.98 Å². The third kappa shape index (κ3) is 5.06. The predicted octanol–water partition coefficient (Wildman–Crippen LogP) is 7.33. The average Bonchev–Trinajstić information content (AvgIpc) is 3.22. The maximum atomic E-state index is 12.4. The van der Waals surface area contributed by atoms with E-state index in [9.17, 15) is 4.79 Å². The Balaban J connectivity index is 1.43. The van der Waals surface area contributed by atoms with E-state index >= 15 is 0 Å². The Labute approximate surface area is 196 Å². The lowest BCUT2D eigenvalue weighted by Gasteiger charge is -2.11. The first-order valence-corrected chi connectivity index (χ1v) is 11.1. The Hall–Kier alpha value is -3.02. The molecule has 0 aliphatic rings. The largest absolute Gasteiger partial charge is 0.484 e. The van der Waals surface area contributed by atoms with Crippen LogP contribution >= 0.6 is 23.2 Å². The van der Waals surface area contributed by atoms with E-state index < -0.39 is 0 Å². The number of rotatable bonds is 7. The average molecular weight is 469 g/mol. The van der Waals surface area contributed by atoms with Crippen molar-refractivity contribution in [3.63, 3.8) is 0 Å². The molecule has 1 N–H and O–H groups in total. The van der Waals surface area contributed by atoms with E-state index in [-0.39, 0.29) is 12.5 Å². The van der Waals surface area contributed by atoms with Crippen LogP contribution in [0.3, 0.4) is 0 Å². The van der Waals surface area contributed by atoms with Gasteiger partial charge in [0.15, 0.2) is 12.2 Å². The lowest BCUT2D eigenvalue weighted by atomic mass is 9.99. The lowest BCUT2D eigenvalue weighted by molar-refractivity contribution is -0.118. The molecule has 3 aromatic carbocycles. The summed E-state index contributed by atoms with van der Waals surface area (Å²) in [5.41, 5.74) is 3.65. The van der Waals surface area contributed by atoms with E-state index in [0.29, 0.717) is 50.0 Å². The molecule has 0 aliphatic carbocycles. The van der Waals surface area contributed by atoms with Crippen LogP contribution in [0.1, 0.15) is 31.7 Å². The number of nitrogens with one attached hydrogen (secondary N) is 1. The number of hydrogen-bond donors (Lipinski definition) is 1. The molecule has 4 aromatic rings. The molecule has 0 saturated carbocycles. The number of carbonyl (C=O) groups is 1. The van der Waals surface area contributed by atoms with Crippen molar-refractivity contribution < 1.29 is 13.9 Å². The van der Waals surface area contributed by atoms with Crippen molar-refractivity contribution in [3.8, 4) is 17.2 Å². The van der Waals surface area contributed by atoms with Crippen LogP contribution in [0, 0.1) is 0 Å². The van der Waals surface area contributed by atoms with Gasteiger partial charge in [-0.05, 0) is 66.4 Å². The van der Waals surface area contributed by atoms with Gasteiger partial charge in [-0.1, -0.05) is 49.2 Å². The second-order valence-electron chi connectivity index (χ2n) is 7.54. The number of benzene rings is 3. The minimum atomic E-state index is -0.320. The number of oxazole rings is 1. The summed E-state index contributed by atoms with van der Waals surface area (Å²) >= 11 is 12.3. The van der Waals surface area contributed by atoms with Gasteiger partial charge in [-0.15, -0.1) is 0 Å². The molecule has 0 aliphatic heterocycles. The highest BCUT2D eigenvalue weighted by Crippen LogP contribution is 2.31. The number of ether oxygens (including phenoxy) is 1. The molecule has 5 nitrogen and oxygen atoms in total. The van der Waals surface area contributed by atoms with Crippen molar-refractivity contribution >= 4 is 45.9 Å². The van der Waals surface area contributed by atoms with Gasteiger partial charge < -0.3 is 14.5 Å². The zero-order valence-corrected chi connectivity index (χ0v) is 19.2. The van der Waals surface area contributed by atoms with Gasteiger partial charge in [0.05, 0.1) is 10.7 Å². The van der Waals surface area contributed by atoms with E-state index in [0.717, 1.165) is 6.42 Å². The zero-order valence-electron chi connectivity index (χ0n) is 17.7. The zero-order chi connectivity index (χ0) is 22.7. The number of nitrogens with zero attached hydrogens (tertiary/aromatic N) is 1. The maximum Gasteiger partial charge on any atom is 0.262 e. The molecule has 32 heavy (non-hydrogen) atoms. The van der Waals surface area contributed by atoms with Crippen LogP contribution in [0.4, 0.5) is 5.69 Å². The van der Waals surface area contributed by atoms with Crippen LogP contribution in [0.5, 0.6) is 5.75 Å². The predicted molar refractivity (Wildman–Crippen MR) is 129 cm³/mol. The van der Waals surface area contributed by atoms with Gasteiger partial charge >= 0.3 is 0 Å². The molecule has 1 heterocycles. The second-order valence-corrected chi connectivity index (χ2v) is 8.38. The fourth-order valence-corrected chi connectivity index (χ4v) is 3.57. The van der Waals surface area contributed by atoms with E-state index in [2.05, 4.69) is 24.1 Å². The summed E-state index contributed by atoms with van der Waals surface area (Å²) in [5.74, 6) is 1.21. The van der Waals surface area contributed by atoms with E-state index in [1.807, 2.05) is 24.3 Å². The fourth-order valence-electron chi connectivity index (χ4n) is 3.24. The highest BCUT2D eigenvalue weighted by molar-refractivity contribution is 6.33. The quantitative estimate of drug-likeness (QED) is 0.308. The Morgan fingerprint density at radius 2 is 1.88 bits per heavy atom. The molecule has 1 amide bonds. The van der Waals surface area contributed by atoms with E-state index in [1.165, 1.54) is 5.56 Å². The SMILES string of the molecule is CC[C@@H](C)c1ccc(OCC(=O)Nc2cc(-c3nc4cc(Cl)ccc4o3)ccc2Cl)cc1. The molecule has 0 unspecified atom stereocenters. The van der Waals surface area contributed by atoms with E-state index in [1.54, 1.807) is 36.4 Å². The maximum absolute atomic E-state index is 12.4. The van der Waals surface area contributed by atoms with Crippen LogP contribution in [-0.4, -0.2) is 17.5 Å². The van der Waals surface area contributed by atoms with Gasteiger partial charge in [0.1, 0.15) is 11.3 Å². The number of aromatic nitrogens is 1. The Kier molecular flexibility index (Phi) is 6.68. The number of halogens is 2. The summed E-state index contributed by atoms with van der Waals surface area (Å²) in [5, 5.41) is 3.77. The Morgan fingerprint density at radius 1 is 1.09 bits per heavy atom. The molecule has 0 saturated heterocycles. The van der Waals surface area contributed by atoms with Crippen LogP contribution in [0.2, 0.25) is 10.0 Å². The third-order valence-corrected chi connectivity index (χ3v) is 5.83. The van der Waals surface area contributed by atoms with Crippen molar-refractivity contribution in [3.05, 3.63) is 76.3 Å². The number of fused-ring (bicyclic) bond motifs is 1. The molecule has 7 heteroatoms. The topological polar surface area (TPSA) is 64.4 Å². The van der Waals surface area contributed by atoms with Gasteiger partial charge in [0, 0.05) is 10.6 Å². The minimum Gasteiger partial charge on any atom is -0.484 e. The minimum absolute atomic E-state index is 0.134. The molecule has 4 rings (SSSR count). The molecular weight excluding hydrogens is 447 g/mol. The van der Waals surface area contributed by atoms with Crippen LogP contribution in [0.15, 0.2) is 65.1 Å². The van der Waals surface area contributed by atoms with Gasteiger partial charge in [-0.2, -0.15) is 0 Å². The molecule has 164 valence electrons. The number of carbonyl (C=O) groups excluding carboxylic acids is 1. The van der Waals surface area contributed by atoms with Gasteiger partial charge in [0.25, 0.3) is 5.91 Å². The normalized spacial score (nSPS) is 12.0. The monoisotopic (exact) mass is 468 g/mol. The molecular formula is C25H22Cl2N2O3. The van der Waals surface area contributed by atoms with Crippen molar-refractivity contribution in [1.29, 1.82) is 0 Å². The van der Waals surface area contributed by atoms with Crippen molar-refractivity contribution in [2.75, 3.05) is 11.9 Å². The number of amides is 1. The molecule has 0 fully saturated rings. The number of anilines is 1. The van der Waals surface area contributed by atoms with Gasteiger partial charge in [0.2, 0.25) is 5.89 Å². The molecule has 0 bridgehead atoms. The molecule has 1 aromatic heterocycles. The summed E-state index contributed by atoms with van der Waals surface area (Å²) in [6.45, 7) is 4.20. The number of hydrogen-bond acceptors (Lipinski definition) is 4. The molecule has 0 radical (unpaired) electrons. The molecule has 1 atom stereocenters. The third-order valence-electron chi connectivity index (χ3n) is 5.27. The first-order chi connectivity index (χ1) is 15.4. The Morgan fingerprint density at radius 3 is 2.62 bits per heavy atom. The highest BCUT2D eigenvalue weighted by atomic mass is 35.5. The Bertz CT molecular complexity index is 1250. The summed E-state index contributed by atoms with van der Waals surface area (Å²) in [6.07, 6.45) is 1.07. The standard InChI is InChI=1S/C25H22Cl2N2O3/c1-3-15(2)16-4-8-19(9-5-16)31-14-24(30)28-21-12-17(6-10-20(21)27)25-29-22-13-18(26)7-11-23(22)32-25/h4-13,15H,3,14H2,1-2H3,(H,28,30)/t15-/m1/s1. The summed E-state index contributed by atoms with van der Waals surface area (Å²) in [4.78, 5) is 16.9. The van der Waals surface area contributed by atoms with Crippen molar-refractivity contribution in [2.45, 2.75) is 26.2 Å². The van der Waals surface area contributed by atoms with Crippen molar-refractivity contribution in [2.24, 2.45) is 0 Å². The molecule has 0 spiro atoms. The van der Waals surface area contributed by atoms with Crippen LogP contribution < -0.4 is 10.1 Å². The van der Waals surface area contributed by atoms with Crippen LogP contribution in [-0.2, 0) is 4.79 Å². The summed E-state index contributed by atoms with van der Waals surface area (Å²) in [6, 6.07) is 18.2.